The summed E-state index contributed by atoms with van der Waals surface area (Å²) in [6, 6.07) is 61.6. The zero-order chi connectivity index (χ0) is 37.3. The number of rotatable bonds is 4. The van der Waals surface area contributed by atoms with Gasteiger partial charge in [0.1, 0.15) is 16.7 Å². The average Bonchev–Trinajstić information content (AvgIpc) is 3.95. The van der Waals surface area contributed by atoms with Gasteiger partial charge in [0.25, 0.3) is 0 Å². The van der Waals surface area contributed by atoms with Crippen LogP contribution >= 0.6 is 0 Å². The number of fused-ring (bicyclic) bond motifs is 12. The van der Waals surface area contributed by atoms with E-state index in [0.717, 1.165) is 66.5 Å². The van der Waals surface area contributed by atoms with Crippen molar-refractivity contribution in [2.24, 2.45) is 0 Å². The molecule has 0 spiro atoms. The van der Waals surface area contributed by atoms with Crippen LogP contribution in [0.5, 0.6) is 0 Å². The van der Waals surface area contributed by atoms with Crippen LogP contribution in [0.4, 0.5) is 17.1 Å². The molecule has 0 radical (unpaired) electrons. The Morgan fingerprint density at radius 2 is 0.911 bits per heavy atom. The maximum atomic E-state index is 7.09. The number of benzene rings is 8. The molecule has 0 fully saturated rings. The Hall–Kier alpha value is -6.84. The molecule has 0 N–H and O–H groups in total. The minimum atomic E-state index is -0.567. The second-order valence-electron chi connectivity index (χ2n) is 16.1. The van der Waals surface area contributed by atoms with Crippen molar-refractivity contribution < 1.29 is 8.83 Å². The molecule has 0 saturated carbocycles. The third-order valence-electron chi connectivity index (χ3n) is 12.9. The first-order valence-corrected chi connectivity index (χ1v) is 19.5. The quantitative estimate of drug-likeness (QED) is 0.181. The molecule has 266 valence electrons. The van der Waals surface area contributed by atoms with E-state index in [0.29, 0.717) is 0 Å². The Labute approximate surface area is 325 Å². The topological polar surface area (TPSA) is 29.5 Å². The molecule has 0 unspecified atom stereocenters. The predicted octanol–water partition coefficient (Wildman–Crippen LogP) is 14.6. The van der Waals surface area contributed by atoms with Crippen LogP contribution in [0.25, 0.3) is 66.1 Å². The fourth-order valence-electron chi connectivity index (χ4n) is 10.3. The van der Waals surface area contributed by atoms with Crippen LogP contribution in [0.3, 0.4) is 0 Å². The van der Waals surface area contributed by atoms with Gasteiger partial charge in [-0.3, -0.25) is 0 Å². The summed E-state index contributed by atoms with van der Waals surface area (Å²) in [7, 11) is 0. The van der Waals surface area contributed by atoms with Crippen molar-refractivity contribution in [2.75, 3.05) is 4.90 Å². The molecule has 0 bridgehead atoms. The van der Waals surface area contributed by atoms with Crippen molar-refractivity contribution in [1.29, 1.82) is 0 Å². The van der Waals surface area contributed by atoms with Crippen LogP contribution in [0.2, 0.25) is 0 Å². The first-order valence-electron chi connectivity index (χ1n) is 19.5. The van der Waals surface area contributed by atoms with Crippen molar-refractivity contribution in [3.05, 3.63) is 198 Å². The molecule has 2 aliphatic rings. The van der Waals surface area contributed by atoms with Gasteiger partial charge in [-0.05, 0) is 93.9 Å². The first-order chi connectivity index (χ1) is 27.4. The summed E-state index contributed by atoms with van der Waals surface area (Å²) in [5.41, 5.74) is 17.3. The lowest BCUT2D eigenvalue weighted by Crippen LogP contribution is -2.26. The maximum absolute atomic E-state index is 7.09. The molecule has 0 aliphatic heterocycles. The molecular formula is C53H37NO2. The number of hydrogen-bond donors (Lipinski definition) is 0. The van der Waals surface area contributed by atoms with Crippen LogP contribution < -0.4 is 4.90 Å². The minimum absolute atomic E-state index is 0.181. The zero-order valence-electron chi connectivity index (χ0n) is 31.4. The number of hydrogen-bond acceptors (Lipinski definition) is 3. The lowest BCUT2D eigenvalue weighted by molar-refractivity contribution is 0.637. The van der Waals surface area contributed by atoms with E-state index in [-0.39, 0.29) is 5.41 Å². The molecule has 12 rings (SSSR count). The molecule has 8 aromatic carbocycles. The highest BCUT2D eigenvalue weighted by Gasteiger charge is 2.45. The summed E-state index contributed by atoms with van der Waals surface area (Å²) >= 11 is 0. The molecule has 3 heteroatoms. The van der Waals surface area contributed by atoms with E-state index in [2.05, 4.69) is 189 Å². The van der Waals surface area contributed by atoms with Crippen LogP contribution in [0.1, 0.15) is 48.6 Å². The fraction of sp³-hybridized carbons (Fsp3) is 0.0943. The van der Waals surface area contributed by atoms with Gasteiger partial charge in [-0.2, -0.15) is 0 Å². The molecule has 2 aliphatic carbocycles. The van der Waals surface area contributed by atoms with Gasteiger partial charge in [0.2, 0.25) is 0 Å². The standard InChI is InChI=1S/C53H37NO2/c1-52(2)41-21-9-4-15-33(41)36-28-27-32(31-44(36)52)54(46-24-14-20-39-37-18-7-12-25-47(37)55-50(39)46)45-30-29-40-38-19-8-13-26-48(38)56-51(40)49(45)53(3)42-22-10-5-16-34(42)35-17-6-11-23-43(35)53/h4-31H,1-3H3. The molecule has 0 atom stereocenters. The van der Waals surface area contributed by atoms with E-state index >= 15 is 0 Å². The Morgan fingerprint density at radius 3 is 1.59 bits per heavy atom. The minimum Gasteiger partial charge on any atom is -0.456 e. The number of furan rings is 2. The van der Waals surface area contributed by atoms with E-state index in [1.165, 1.54) is 44.5 Å². The van der Waals surface area contributed by atoms with Gasteiger partial charge >= 0.3 is 0 Å². The molecule has 2 heterocycles. The highest BCUT2D eigenvalue weighted by atomic mass is 16.3. The summed E-state index contributed by atoms with van der Waals surface area (Å²) in [6.07, 6.45) is 0. The molecule has 0 amide bonds. The summed E-state index contributed by atoms with van der Waals surface area (Å²) < 4.78 is 14.0. The van der Waals surface area contributed by atoms with Crippen molar-refractivity contribution in [3.8, 4) is 22.3 Å². The summed E-state index contributed by atoms with van der Waals surface area (Å²) in [4.78, 5) is 2.45. The third-order valence-corrected chi connectivity index (χ3v) is 12.9. The van der Waals surface area contributed by atoms with E-state index < -0.39 is 5.41 Å². The van der Waals surface area contributed by atoms with E-state index in [9.17, 15) is 0 Å². The summed E-state index contributed by atoms with van der Waals surface area (Å²) in [6.45, 7) is 7.10. The van der Waals surface area contributed by atoms with Crippen LogP contribution in [-0.4, -0.2) is 0 Å². The van der Waals surface area contributed by atoms with E-state index in [4.69, 9.17) is 8.83 Å². The largest absolute Gasteiger partial charge is 0.456 e. The number of nitrogens with zero attached hydrogens (tertiary/aromatic N) is 1. The van der Waals surface area contributed by atoms with Gasteiger partial charge < -0.3 is 13.7 Å². The van der Waals surface area contributed by atoms with Gasteiger partial charge in [0.15, 0.2) is 5.58 Å². The smallest absolute Gasteiger partial charge is 0.159 e. The Bertz CT molecular complexity index is 3220. The summed E-state index contributed by atoms with van der Waals surface area (Å²) in [5, 5.41) is 4.41. The molecular weight excluding hydrogens is 683 g/mol. The lowest BCUT2D eigenvalue weighted by Gasteiger charge is -2.35. The Morgan fingerprint density at radius 1 is 0.393 bits per heavy atom. The van der Waals surface area contributed by atoms with Crippen LogP contribution in [0, 0.1) is 0 Å². The third kappa shape index (κ3) is 4.02. The second kappa shape index (κ2) is 11.1. The molecule has 3 nitrogen and oxygen atoms in total. The van der Waals surface area contributed by atoms with Crippen molar-refractivity contribution >= 4 is 60.9 Å². The van der Waals surface area contributed by atoms with Gasteiger partial charge in [-0.1, -0.05) is 141 Å². The Balaban J connectivity index is 1.23. The van der Waals surface area contributed by atoms with Gasteiger partial charge in [-0.15, -0.1) is 0 Å². The SMILES string of the molecule is CC1(C)c2ccccc2-c2ccc(N(c3ccc4c(oc5ccccc54)c3C3(C)c4ccccc4-c4ccccc43)c3cccc4c3oc3ccccc34)cc21. The zero-order valence-corrected chi connectivity index (χ0v) is 31.4. The first kappa shape index (κ1) is 31.5. The number of anilines is 3. The van der Waals surface area contributed by atoms with Gasteiger partial charge in [-0.25, -0.2) is 0 Å². The highest BCUT2D eigenvalue weighted by molar-refractivity contribution is 6.13. The molecule has 0 saturated heterocycles. The average molecular weight is 720 g/mol. The number of para-hydroxylation sites is 3. The fourth-order valence-corrected chi connectivity index (χ4v) is 10.3. The van der Waals surface area contributed by atoms with Crippen LogP contribution in [-0.2, 0) is 10.8 Å². The maximum Gasteiger partial charge on any atom is 0.159 e. The van der Waals surface area contributed by atoms with Gasteiger partial charge in [0, 0.05) is 43.6 Å². The highest BCUT2D eigenvalue weighted by Crippen LogP contribution is 2.59. The second-order valence-corrected chi connectivity index (χ2v) is 16.1. The van der Waals surface area contributed by atoms with Crippen molar-refractivity contribution in [1.82, 2.24) is 0 Å². The van der Waals surface area contributed by atoms with Crippen LogP contribution in [0.15, 0.2) is 179 Å². The van der Waals surface area contributed by atoms with E-state index in [1.807, 2.05) is 6.07 Å². The lowest BCUT2D eigenvalue weighted by atomic mass is 9.72. The Kier molecular flexibility index (Phi) is 6.25. The normalized spacial score (nSPS) is 14.6. The van der Waals surface area contributed by atoms with Crippen molar-refractivity contribution in [2.45, 2.75) is 31.6 Å². The molecule has 10 aromatic rings. The predicted molar refractivity (Wildman–Crippen MR) is 231 cm³/mol. The van der Waals surface area contributed by atoms with Gasteiger partial charge in [0.05, 0.1) is 11.4 Å². The van der Waals surface area contributed by atoms with E-state index in [1.54, 1.807) is 0 Å². The monoisotopic (exact) mass is 719 g/mol. The molecule has 2 aromatic heterocycles. The summed E-state index contributed by atoms with van der Waals surface area (Å²) in [5.74, 6) is 0. The molecule has 56 heavy (non-hydrogen) atoms. The van der Waals surface area contributed by atoms with Crippen molar-refractivity contribution in [3.63, 3.8) is 0 Å².